The number of hydrogen-bond acceptors (Lipinski definition) is 7. The van der Waals surface area contributed by atoms with Crippen LogP contribution < -0.4 is 16.9 Å². The van der Waals surface area contributed by atoms with Crippen LogP contribution in [0.5, 0.6) is 0 Å². The van der Waals surface area contributed by atoms with Crippen LogP contribution in [0.1, 0.15) is 18.9 Å². The van der Waals surface area contributed by atoms with Gasteiger partial charge in [-0.3, -0.25) is 30.0 Å². The summed E-state index contributed by atoms with van der Waals surface area (Å²) in [5, 5.41) is 30.9. The highest BCUT2D eigenvalue weighted by molar-refractivity contribution is 5.75. The summed E-state index contributed by atoms with van der Waals surface area (Å²) < 4.78 is 0.759. The van der Waals surface area contributed by atoms with E-state index < -0.39 is 38.7 Å². The van der Waals surface area contributed by atoms with E-state index in [9.17, 15) is 34.9 Å². The third kappa shape index (κ3) is 4.49. The summed E-state index contributed by atoms with van der Waals surface area (Å²) in [5.74, 6) is -1.57. The number of hydrogen-bond donors (Lipinski definition) is 3. The molecule has 0 bridgehead atoms. The van der Waals surface area contributed by atoms with E-state index in [1.54, 1.807) is 0 Å². The quantitative estimate of drug-likeness (QED) is 0.180. The van der Waals surface area contributed by atoms with Gasteiger partial charge in [0.25, 0.3) is 0 Å². The minimum atomic E-state index is -1.40. The molecule has 0 aromatic carbocycles. The van der Waals surface area contributed by atoms with Crippen LogP contribution in [0, 0.1) is 20.2 Å². The Morgan fingerprint density at radius 1 is 1.25 bits per heavy atom. The Kier molecular flexibility index (Phi) is 5.92. The van der Waals surface area contributed by atoms with Gasteiger partial charge >= 0.3 is 22.8 Å². The number of carbonyl (C=O) groups is 1. The first kappa shape index (κ1) is 18.5. The maximum Gasteiger partial charge on any atom is 0.339 e. The Balaban J connectivity index is 3.26. The van der Waals surface area contributed by atoms with E-state index in [0.717, 1.165) is 4.57 Å². The first-order valence-electron chi connectivity index (χ1n) is 6.48. The molecule has 1 atom stereocenters. The average Bonchev–Trinajstić information content (AvgIpc) is 2.46. The second-order valence-corrected chi connectivity index (χ2v) is 4.62. The molecule has 5 N–H and O–H groups in total. The van der Waals surface area contributed by atoms with Gasteiger partial charge in [0.05, 0.1) is 22.2 Å². The molecular weight excluding hydrogens is 328 g/mol. The van der Waals surface area contributed by atoms with Gasteiger partial charge in [0.2, 0.25) is 0 Å². The lowest BCUT2D eigenvalue weighted by molar-refractivity contribution is -0.397. The molecule has 0 radical (unpaired) electrons. The van der Waals surface area contributed by atoms with Crippen molar-refractivity contribution in [3.63, 3.8) is 0 Å². The molecule has 0 fully saturated rings. The zero-order valence-corrected chi connectivity index (χ0v) is 12.2. The number of nitrogens with two attached hydrogens (primary N) is 2. The standard InChI is InChI=1S/C11H14N6O7/c12-11(13)14-3-1-2-6(10(19)20)15-4-7(16(21)22)9(18)8(5-15)17(23)24/h4-6H,1-3H2,(H,19,20)(H4,12,13,14)/t6-/m0/s1. The van der Waals surface area contributed by atoms with Crippen molar-refractivity contribution < 1.29 is 19.7 Å². The molecule has 0 aliphatic heterocycles. The van der Waals surface area contributed by atoms with Crippen LogP contribution in [-0.2, 0) is 4.79 Å². The van der Waals surface area contributed by atoms with E-state index >= 15 is 0 Å². The lowest BCUT2D eigenvalue weighted by Crippen LogP contribution is -2.24. The first-order valence-corrected chi connectivity index (χ1v) is 6.48. The van der Waals surface area contributed by atoms with E-state index in [-0.39, 0.29) is 25.3 Å². The monoisotopic (exact) mass is 342 g/mol. The van der Waals surface area contributed by atoms with Gasteiger partial charge in [0, 0.05) is 6.54 Å². The number of aromatic nitrogens is 1. The molecule has 0 saturated carbocycles. The molecule has 1 heterocycles. The summed E-state index contributed by atoms with van der Waals surface area (Å²) in [6, 6.07) is -1.36. The molecule has 1 aromatic heterocycles. The Labute approximate surface area is 133 Å². The van der Waals surface area contributed by atoms with Crippen LogP contribution in [0.15, 0.2) is 22.2 Å². The Morgan fingerprint density at radius 3 is 2.12 bits per heavy atom. The minimum absolute atomic E-state index is 0.0662. The van der Waals surface area contributed by atoms with E-state index in [1.165, 1.54) is 0 Å². The summed E-state index contributed by atoms with van der Waals surface area (Å²) >= 11 is 0. The fourth-order valence-electron chi connectivity index (χ4n) is 1.90. The fourth-order valence-corrected chi connectivity index (χ4v) is 1.90. The summed E-state index contributed by atoms with van der Waals surface area (Å²) in [6.07, 6.45) is 1.45. The number of carboxylic acids is 1. The maximum atomic E-state index is 11.6. The van der Waals surface area contributed by atoms with Crippen LogP contribution in [0.4, 0.5) is 11.4 Å². The number of nitrogens with zero attached hydrogens (tertiary/aromatic N) is 4. The summed E-state index contributed by atoms with van der Waals surface area (Å²) in [4.78, 5) is 46.1. The molecule has 0 saturated heterocycles. The SMILES string of the molecule is NC(N)=NCCC[C@@H](C(=O)O)n1cc([N+](=O)[O-])c(=O)c([N+](=O)[O-])c1. The molecule has 0 spiro atoms. The number of aliphatic carboxylic acids is 1. The van der Waals surface area contributed by atoms with Gasteiger partial charge in [-0.15, -0.1) is 0 Å². The minimum Gasteiger partial charge on any atom is -0.480 e. The third-order valence-electron chi connectivity index (χ3n) is 2.98. The normalized spacial score (nSPS) is 11.5. The largest absolute Gasteiger partial charge is 0.480 e. The van der Waals surface area contributed by atoms with Crippen LogP contribution in [0.3, 0.4) is 0 Å². The van der Waals surface area contributed by atoms with E-state index in [0.29, 0.717) is 12.4 Å². The van der Waals surface area contributed by atoms with Gasteiger partial charge in [-0.25, -0.2) is 4.79 Å². The molecule has 0 amide bonds. The number of nitro groups is 2. The van der Waals surface area contributed by atoms with Crippen molar-refractivity contribution in [1.29, 1.82) is 0 Å². The molecule has 13 nitrogen and oxygen atoms in total. The highest BCUT2D eigenvalue weighted by atomic mass is 16.6. The highest BCUT2D eigenvalue weighted by Gasteiger charge is 2.28. The van der Waals surface area contributed by atoms with Gasteiger partial charge < -0.3 is 21.1 Å². The van der Waals surface area contributed by atoms with Crippen molar-refractivity contribution in [2.24, 2.45) is 16.5 Å². The predicted molar refractivity (Wildman–Crippen MR) is 80.6 cm³/mol. The molecular formula is C11H14N6O7. The maximum absolute atomic E-state index is 11.6. The van der Waals surface area contributed by atoms with Crippen LogP contribution >= 0.6 is 0 Å². The smallest absolute Gasteiger partial charge is 0.339 e. The zero-order chi connectivity index (χ0) is 18.4. The number of pyridine rings is 1. The number of guanidine groups is 1. The molecule has 13 heteroatoms. The van der Waals surface area contributed by atoms with Crippen LogP contribution in [0.2, 0.25) is 0 Å². The number of rotatable bonds is 8. The van der Waals surface area contributed by atoms with E-state index in [4.69, 9.17) is 11.5 Å². The molecule has 0 unspecified atom stereocenters. The van der Waals surface area contributed by atoms with Gasteiger partial charge in [0.1, 0.15) is 6.04 Å². The molecule has 1 rings (SSSR count). The van der Waals surface area contributed by atoms with E-state index in [2.05, 4.69) is 4.99 Å². The van der Waals surface area contributed by atoms with Crippen molar-refractivity contribution in [3.05, 3.63) is 42.8 Å². The Morgan fingerprint density at radius 2 is 1.75 bits per heavy atom. The molecule has 0 aliphatic carbocycles. The summed E-state index contributed by atoms with van der Waals surface area (Å²) in [7, 11) is 0. The summed E-state index contributed by atoms with van der Waals surface area (Å²) in [6.45, 7) is 0.108. The lowest BCUT2D eigenvalue weighted by atomic mass is 10.1. The van der Waals surface area contributed by atoms with Gasteiger partial charge in [-0.05, 0) is 12.8 Å². The van der Waals surface area contributed by atoms with E-state index in [1.807, 2.05) is 0 Å². The van der Waals surface area contributed by atoms with Crippen molar-refractivity contribution in [3.8, 4) is 0 Å². The second kappa shape index (κ2) is 7.66. The molecule has 130 valence electrons. The zero-order valence-electron chi connectivity index (χ0n) is 12.2. The lowest BCUT2D eigenvalue weighted by Gasteiger charge is -2.15. The Hall–Kier alpha value is -3.51. The van der Waals surface area contributed by atoms with Crippen molar-refractivity contribution in [2.45, 2.75) is 18.9 Å². The third-order valence-corrected chi connectivity index (χ3v) is 2.98. The van der Waals surface area contributed by atoms with Crippen LogP contribution in [0.25, 0.3) is 0 Å². The Bertz CT molecular complexity index is 713. The first-order chi connectivity index (χ1) is 11.1. The molecule has 1 aromatic rings. The number of carboxylic acid groups (broad SMARTS) is 1. The van der Waals surface area contributed by atoms with Crippen LogP contribution in [-0.4, -0.2) is 38.0 Å². The average molecular weight is 342 g/mol. The second-order valence-electron chi connectivity index (χ2n) is 4.62. The van der Waals surface area contributed by atoms with Gasteiger partial charge in [-0.1, -0.05) is 0 Å². The molecule has 24 heavy (non-hydrogen) atoms. The topological polar surface area (TPSA) is 210 Å². The predicted octanol–water partition coefficient (Wildman–Crippen LogP) is -0.656. The fraction of sp³-hybridized carbons (Fsp3) is 0.364. The molecule has 0 aliphatic rings. The van der Waals surface area contributed by atoms with Gasteiger partial charge in [-0.2, -0.15) is 0 Å². The van der Waals surface area contributed by atoms with Crippen molar-refractivity contribution in [2.75, 3.05) is 6.54 Å². The van der Waals surface area contributed by atoms with Crippen molar-refractivity contribution >= 4 is 23.3 Å². The summed E-state index contributed by atoms with van der Waals surface area (Å²) in [5.41, 5.74) is 6.68. The van der Waals surface area contributed by atoms with Gasteiger partial charge in [0.15, 0.2) is 5.96 Å². The number of aliphatic imine (C=N–C) groups is 1. The van der Waals surface area contributed by atoms with Crippen molar-refractivity contribution in [1.82, 2.24) is 4.57 Å². The highest BCUT2D eigenvalue weighted by Crippen LogP contribution is 2.20.